The third-order valence-corrected chi connectivity index (χ3v) is 3.42. The van der Waals surface area contributed by atoms with E-state index in [9.17, 15) is 4.79 Å². The second-order valence-electron chi connectivity index (χ2n) is 4.34. The van der Waals surface area contributed by atoms with Crippen molar-refractivity contribution in [1.29, 1.82) is 0 Å². The Hall–Kier alpha value is -0.710. The Labute approximate surface area is 88.2 Å². The second-order valence-corrected chi connectivity index (χ2v) is 4.34. The molecule has 2 fully saturated rings. The fourth-order valence-corrected chi connectivity index (χ4v) is 2.74. The molecule has 15 heavy (non-hydrogen) atoms. The molecule has 0 aromatic heterocycles. The summed E-state index contributed by atoms with van der Waals surface area (Å²) in [4.78, 5) is 11.6. The number of hydrogen-bond donors (Lipinski definition) is 0. The highest BCUT2D eigenvalue weighted by Gasteiger charge is 2.58. The highest BCUT2D eigenvalue weighted by atomic mass is 16.7. The Kier molecular flexibility index (Phi) is 1.99. The van der Waals surface area contributed by atoms with E-state index in [1.807, 2.05) is 12.2 Å². The van der Waals surface area contributed by atoms with Crippen molar-refractivity contribution >= 4 is 5.78 Å². The van der Waals surface area contributed by atoms with Crippen LogP contribution in [0, 0.1) is 5.92 Å². The van der Waals surface area contributed by atoms with E-state index < -0.39 is 11.9 Å². The van der Waals surface area contributed by atoms with Gasteiger partial charge < -0.3 is 14.2 Å². The number of Topliss-reactive ketones (excluding diaryl/α,β-unsaturated/α-hetero) is 1. The SMILES string of the molecule is CC(=O)C1CC2C=CC1(C1OCCO1)O2. The van der Waals surface area contributed by atoms with Crippen LogP contribution >= 0.6 is 0 Å². The maximum atomic E-state index is 11.6. The first-order valence-corrected chi connectivity index (χ1v) is 5.33. The first kappa shape index (κ1) is 9.51. The van der Waals surface area contributed by atoms with Gasteiger partial charge in [-0.2, -0.15) is 0 Å². The monoisotopic (exact) mass is 210 g/mol. The zero-order valence-corrected chi connectivity index (χ0v) is 8.64. The molecule has 4 heteroatoms. The van der Waals surface area contributed by atoms with Crippen molar-refractivity contribution in [3.05, 3.63) is 12.2 Å². The molecule has 3 atom stereocenters. The third kappa shape index (κ3) is 1.22. The summed E-state index contributed by atoms with van der Waals surface area (Å²) in [5.41, 5.74) is -0.646. The summed E-state index contributed by atoms with van der Waals surface area (Å²) in [6.45, 7) is 2.77. The minimum atomic E-state index is -0.646. The smallest absolute Gasteiger partial charge is 0.191 e. The molecule has 3 unspecified atom stereocenters. The van der Waals surface area contributed by atoms with Gasteiger partial charge in [-0.3, -0.25) is 4.79 Å². The lowest BCUT2D eigenvalue weighted by molar-refractivity contribution is -0.179. The number of hydrogen-bond acceptors (Lipinski definition) is 4. The Balaban J connectivity index is 1.93. The number of ketones is 1. The van der Waals surface area contributed by atoms with E-state index in [2.05, 4.69) is 0 Å². The third-order valence-electron chi connectivity index (χ3n) is 3.42. The van der Waals surface area contributed by atoms with Crippen LogP contribution < -0.4 is 0 Å². The number of fused-ring (bicyclic) bond motifs is 2. The Bertz CT molecular complexity index is 319. The van der Waals surface area contributed by atoms with Gasteiger partial charge in [-0.25, -0.2) is 0 Å². The summed E-state index contributed by atoms with van der Waals surface area (Å²) in [6.07, 6.45) is 4.37. The van der Waals surface area contributed by atoms with Crippen molar-refractivity contribution in [1.82, 2.24) is 0 Å². The number of ether oxygens (including phenoxy) is 3. The molecule has 3 aliphatic rings. The fourth-order valence-electron chi connectivity index (χ4n) is 2.74. The first-order chi connectivity index (χ1) is 7.22. The van der Waals surface area contributed by atoms with Crippen molar-refractivity contribution in [3.8, 4) is 0 Å². The molecule has 4 nitrogen and oxygen atoms in total. The molecule has 82 valence electrons. The quantitative estimate of drug-likeness (QED) is 0.628. The van der Waals surface area contributed by atoms with Crippen LogP contribution in [-0.2, 0) is 19.0 Å². The van der Waals surface area contributed by atoms with Gasteiger partial charge in [0.2, 0.25) is 0 Å². The summed E-state index contributed by atoms with van der Waals surface area (Å²) in [5.74, 6) is 0.0385. The summed E-state index contributed by atoms with van der Waals surface area (Å²) in [6, 6.07) is 0. The van der Waals surface area contributed by atoms with Gasteiger partial charge in [0.25, 0.3) is 0 Å². The number of carbonyl (C=O) groups is 1. The van der Waals surface area contributed by atoms with Gasteiger partial charge in [-0.15, -0.1) is 0 Å². The van der Waals surface area contributed by atoms with E-state index >= 15 is 0 Å². The van der Waals surface area contributed by atoms with Gasteiger partial charge >= 0.3 is 0 Å². The van der Waals surface area contributed by atoms with Gasteiger partial charge in [0.1, 0.15) is 11.4 Å². The summed E-state index contributed by atoms with van der Waals surface area (Å²) >= 11 is 0. The zero-order chi connectivity index (χ0) is 10.5. The highest BCUT2D eigenvalue weighted by Crippen LogP contribution is 2.47. The van der Waals surface area contributed by atoms with Crippen LogP contribution in [0.15, 0.2) is 12.2 Å². The van der Waals surface area contributed by atoms with E-state index in [0.29, 0.717) is 13.2 Å². The van der Waals surface area contributed by atoms with Gasteiger partial charge in [-0.05, 0) is 19.4 Å². The second kappa shape index (κ2) is 3.14. The van der Waals surface area contributed by atoms with Crippen molar-refractivity contribution in [2.45, 2.75) is 31.3 Å². The van der Waals surface area contributed by atoms with E-state index in [1.165, 1.54) is 0 Å². The maximum absolute atomic E-state index is 11.6. The number of rotatable bonds is 2. The topological polar surface area (TPSA) is 44.8 Å². The van der Waals surface area contributed by atoms with Crippen LogP contribution in [0.1, 0.15) is 13.3 Å². The standard InChI is InChI=1S/C11H14O4/c1-7(12)9-6-8-2-3-11(9,15-8)10-13-4-5-14-10/h2-3,8-10H,4-6H2,1H3. The molecular weight excluding hydrogens is 196 g/mol. The van der Waals surface area contributed by atoms with Crippen molar-refractivity contribution in [2.24, 2.45) is 5.92 Å². The minimum absolute atomic E-state index is 0.0618. The molecule has 0 aromatic rings. The van der Waals surface area contributed by atoms with E-state index in [0.717, 1.165) is 6.42 Å². The van der Waals surface area contributed by atoms with Crippen LogP contribution in [0.5, 0.6) is 0 Å². The average Bonchev–Trinajstić information content (AvgIpc) is 2.92. The predicted octanol–water partition coefficient (Wildman–Crippen LogP) is 0.662. The normalized spacial score (nSPS) is 44.1. The molecule has 0 amide bonds. The summed E-state index contributed by atoms with van der Waals surface area (Å²) in [5, 5.41) is 0. The van der Waals surface area contributed by atoms with Crippen LogP contribution in [0.25, 0.3) is 0 Å². The maximum Gasteiger partial charge on any atom is 0.191 e. The predicted molar refractivity (Wildman–Crippen MR) is 51.2 cm³/mol. The molecule has 0 radical (unpaired) electrons. The molecule has 0 aliphatic carbocycles. The van der Waals surface area contributed by atoms with Crippen molar-refractivity contribution in [3.63, 3.8) is 0 Å². The minimum Gasteiger partial charge on any atom is -0.357 e. The molecule has 0 aromatic carbocycles. The average molecular weight is 210 g/mol. The largest absolute Gasteiger partial charge is 0.357 e. The van der Waals surface area contributed by atoms with Gasteiger partial charge in [0, 0.05) is 0 Å². The van der Waals surface area contributed by atoms with E-state index in [-0.39, 0.29) is 17.8 Å². The highest BCUT2D eigenvalue weighted by molar-refractivity contribution is 5.81. The molecule has 0 N–H and O–H groups in total. The molecule has 3 rings (SSSR count). The van der Waals surface area contributed by atoms with Crippen LogP contribution in [0.3, 0.4) is 0 Å². The van der Waals surface area contributed by atoms with Crippen LogP contribution in [0.2, 0.25) is 0 Å². The van der Waals surface area contributed by atoms with Gasteiger partial charge in [-0.1, -0.05) is 6.08 Å². The molecule has 3 heterocycles. The van der Waals surface area contributed by atoms with Crippen LogP contribution in [0.4, 0.5) is 0 Å². The van der Waals surface area contributed by atoms with Crippen molar-refractivity contribution < 1.29 is 19.0 Å². The van der Waals surface area contributed by atoms with E-state index in [1.54, 1.807) is 6.92 Å². The van der Waals surface area contributed by atoms with Gasteiger partial charge in [0.15, 0.2) is 6.29 Å². The molecular formula is C11H14O4. The van der Waals surface area contributed by atoms with Crippen LogP contribution in [-0.4, -0.2) is 37.0 Å². The molecule has 0 saturated carbocycles. The Morgan fingerprint density at radius 1 is 1.40 bits per heavy atom. The Morgan fingerprint density at radius 2 is 2.13 bits per heavy atom. The fraction of sp³-hybridized carbons (Fsp3) is 0.727. The molecule has 0 spiro atoms. The molecule has 2 bridgehead atoms. The number of carbonyl (C=O) groups excluding carboxylic acids is 1. The lowest BCUT2D eigenvalue weighted by Gasteiger charge is -2.32. The lowest BCUT2D eigenvalue weighted by atomic mass is 9.80. The van der Waals surface area contributed by atoms with Crippen molar-refractivity contribution in [2.75, 3.05) is 13.2 Å². The molecule has 2 saturated heterocycles. The molecule has 3 aliphatic heterocycles. The lowest BCUT2D eigenvalue weighted by Crippen LogP contribution is -2.47. The summed E-state index contributed by atoms with van der Waals surface area (Å²) in [7, 11) is 0. The van der Waals surface area contributed by atoms with Gasteiger partial charge in [0.05, 0.1) is 25.2 Å². The Morgan fingerprint density at radius 3 is 2.73 bits per heavy atom. The zero-order valence-electron chi connectivity index (χ0n) is 8.64. The van der Waals surface area contributed by atoms with E-state index in [4.69, 9.17) is 14.2 Å². The first-order valence-electron chi connectivity index (χ1n) is 5.33. The summed E-state index contributed by atoms with van der Waals surface area (Å²) < 4.78 is 16.8.